The molecular weight excluding hydrogens is 284 g/mol. The van der Waals surface area contributed by atoms with Crippen LogP contribution in [0.15, 0.2) is 6.20 Å². The van der Waals surface area contributed by atoms with E-state index in [-0.39, 0.29) is 18.7 Å². The lowest BCUT2D eigenvalue weighted by Crippen LogP contribution is -2.40. The van der Waals surface area contributed by atoms with Gasteiger partial charge in [0.2, 0.25) is 5.95 Å². The summed E-state index contributed by atoms with van der Waals surface area (Å²) in [7, 11) is 0. The monoisotopic (exact) mass is 308 g/mol. The van der Waals surface area contributed by atoms with Crippen molar-refractivity contribution in [1.82, 2.24) is 14.9 Å². The number of ether oxygens (including phenoxy) is 1. The highest BCUT2D eigenvalue weighted by molar-refractivity contribution is 5.68. The van der Waals surface area contributed by atoms with Crippen molar-refractivity contribution in [3.05, 3.63) is 17.5 Å². The van der Waals surface area contributed by atoms with Crippen LogP contribution < -0.4 is 5.32 Å². The molecule has 0 bridgehead atoms. The SMILES string of the molecule is C[C@@H](CO)Nc1ncc2c(n1)CN(C(=O)OC(C)(C)C)CC2. The third-order valence-corrected chi connectivity index (χ3v) is 3.25. The molecule has 0 radical (unpaired) electrons. The van der Waals surface area contributed by atoms with E-state index in [0.29, 0.717) is 25.5 Å². The summed E-state index contributed by atoms with van der Waals surface area (Å²) in [6.07, 6.45) is 2.17. The van der Waals surface area contributed by atoms with Crippen LogP contribution in [-0.4, -0.2) is 50.9 Å². The van der Waals surface area contributed by atoms with Crippen LogP contribution in [0, 0.1) is 0 Å². The number of amides is 1. The molecule has 122 valence electrons. The molecule has 22 heavy (non-hydrogen) atoms. The fourth-order valence-electron chi connectivity index (χ4n) is 2.12. The number of carbonyl (C=O) groups is 1. The van der Waals surface area contributed by atoms with E-state index in [1.165, 1.54) is 0 Å². The quantitative estimate of drug-likeness (QED) is 0.881. The highest BCUT2D eigenvalue weighted by Crippen LogP contribution is 2.20. The first kappa shape index (κ1) is 16.5. The Bertz CT molecular complexity index is 542. The van der Waals surface area contributed by atoms with Crippen molar-refractivity contribution < 1.29 is 14.6 Å². The van der Waals surface area contributed by atoms with Gasteiger partial charge in [0, 0.05) is 18.8 Å². The Labute approximate surface area is 130 Å². The number of hydrogen-bond acceptors (Lipinski definition) is 6. The van der Waals surface area contributed by atoms with Crippen LogP contribution >= 0.6 is 0 Å². The number of aliphatic hydroxyl groups excluding tert-OH is 1. The second-order valence-electron chi connectivity index (χ2n) is 6.55. The predicted octanol–water partition coefficient (Wildman–Crippen LogP) is 1.56. The number of fused-ring (bicyclic) bond motifs is 1. The standard InChI is InChI=1S/C15H24N4O3/c1-10(9-20)17-13-16-7-11-5-6-19(8-12(11)18-13)14(21)22-15(2,3)4/h7,10,20H,5-6,8-9H2,1-4H3,(H,16,17,18)/t10-/m0/s1. The number of aliphatic hydroxyl groups is 1. The van der Waals surface area contributed by atoms with Gasteiger partial charge in [0.15, 0.2) is 0 Å². The maximum Gasteiger partial charge on any atom is 0.410 e. The number of anilines is 1. The number of rotatable bonds is 3. The summed E-state index contributed by atoms with van der Waals surface area (Å²) < 4.78 is 5.40. The van der Waals surface area contributed by atoms with Crippen LogP contribution in [0.5, 0.6) is 0 Å². The second kappa shape index (κ2) is 6.48. The minimum atomic E-state index is -0.508. The maximum absolute atomic E-state index is 12.1. The molecular formula is C15H24N4O3. The largest absolute Gasteiger partial charge is 0.444 e. The summed E-state index contributed by atoms with van der Waals surface area (Å²) >= 11 is 0. The Morgan fingerprint density at radius 2 is 2.27 bits per heavy atom. The summed E-state index contributed by atoms with van der Waals surface area (Å²) in [6.45, 7) is 8.41. The minimum Gasteiger partial charge on any atom is -0.444 e. The van der Waals surface area contributed by atoms with E-state index >= 15 is 0 Å². The Kier molecular flexibility index (Phi) is 4.85. The number of aromatic nitrogens is 2. The molecule has 7 nitrogen and oxygen atoms in total. The molecule has 0 saturated heterocycles. The average molecular weight is 308 g/mol. The van der Waals surface area contributed by atoms with Crippen molar-refractivity contribution in [2.45, 2.75) is 52.3 Å². The number of hydrogen-bond donors (Lipinski definition) is 2. The van der Waals surface area contributed by atoms with E-state index in [4.69, 9.17) is 9.84 Å². The predicted molar refractivity (Wildman–Crippen MR) is 82.6 cm³/mol. The van der Waals surface area contributed by atoms with Crippen molar-refractivity contribution in [3.8, 4) is 0 Å². The normalized spacial score (nSPS) is 16.0. The van der Waals surface area contributed by atoms with Gasteiger partial charge in [-0.3, -0.25) is 0 Å². The Balaban J connectivity index is 2.08. The molecule has 1 aliphatic rings. The second-order valence-corrected chi connectivity index (χ2v) is 6.55. The van der Waals surface area contributed by atoms with Crippen LogP contribution in [0.3, 0.4) is 0 Å². The molecule has 0 unspecified atom stereocenters. The summed E-state index contributed by atoms with van der Waals surface area (Å²) in [6, 6.07) is -0.122. The fraction of sp³-hybridized carbons (Fsp3) is 0.667. The topological polar surface area (TPSA) is 87.6 Å². The lowest BCUT2D eigenvalue weighted by Gasteiger charge is -2.30. The van der Waals surface area contributed by atoms with Gasteiger partial charge in [-0.15, -0.1) is 0 Å². The molecule has 1 aliphatic heterocycles. The van der Waals surface area contributed by atoms with E-state index in [0.717, 1.165) is 11.3 Å². The zero-order chi connectivity index (χ0) is 16.3. The van der Waals surface area contributed by atoms with Gasteiger partial charge in [0.25, 0.3) is 0 Å². The van der Waals surface area contributed by atoms with Crippen molar-refractivity contribution in [3.63, 3.8) is 0 Å². The van der Waals surface area contributed by atoms with E-state index in [2.05, 4.69) is 15.3 Å². The summed E-state index contributed by atoms with van der Waals surface area (Å²) in [4.78, 5) is 22.5. The van der Waals surface area contributed by atoms with Crippen molar-refractivity contribution >= 4 is 12.0 Å². The Hall–Kier alpha value is -1.89. The first-order valence-electron chi connectivity index (χ1n) is 7.48. The molecule has 1 aromatic heterocycles. The molecule has 7 heteroatoms. The van der Waals surface area contributed by atoms with Crippen molar-refractivity contribution in [1.29, 1.82) is 0 Å². The average Bonchev–Trinajstić information content (AvgIpc) is 2.44. The zero-order valence-electron chi connectivity index (χ0n) is 13.6. The molecule has 2 N–H and O–H groups in total. The number of nitrogens with zero attached hydrogens (tertiary/aromatic N) is 3. The highest BCUT2D eigenvalue weighted by atomic mass is 16.6. The van der Waals surface area contributed by atoms with E-state index in [1.807, 2.05) is 27.7 Å². The minimum absolute atomic E-state index is 0.00444. The molecule has 0 aliphatic carbocycles. The third kappa shape index (κ3) is 4.30. The van der Waals surface area contributed by atoms with Gasteiger partial charge in [-0.25, -0.2) is 14.8 Å². The van der Waals surface area contributed by atoms with E-state index in [1.54, 1.807) is 11.1 Å². The smallest absolute Gasteiger partial charge is 0.410 e. The van der Waals surface area contributed by atoms with Crippen LogP contribution in [0.25, 0.3) is 0 Å². The van der Waals surface area contributed by atoms with Gasteiger partial charge in [0.05, 0.1) is 18.8 Å². The Morgan fingerprint density at radius 3 is 2.91 bits per heavy atom. The van der Waals surface area contributed by atoms with Crippen molar-refractivity contribution in [2.75, 3.05) is 18.5 Å². The van der Waals surface area contributed by atoms with Crippen LogP contribution in [-0.2, 0) is 17.7 Å². The van der Waals surface area contributed by atoms with E-state index < -0.39 is 5.60 Å². The number of nitrogens with one attached hydrogen (secondary N) is 1. The molecule has 2 heterocycles. The first-order valence-corrected chi connectivity index (χ1v) is 7.48. The molecule has 0 saturated carbocycles. The lowest BCUT2D eigenvalue weighted by atomic mass is 10.1. The van der Waals surface area contributed by atoms with Gasteiger partial charge >= 0.3 is 6.09 Å². The fourth-order valence-corrected chi connectivity index (χ4v) is 2.12. The van der Waals surface area contributed by atoms with Gasteiger partial charge in [-0.2, -0.15) is 0 Å². The third-order valence-electron chi connectivity index (χ3n) is 3.25. The lowest BCUT2D eigenvalue weighted by molar-refractivity contribution is 0.0220. The zero-order valence-corrected chi connectivity index (χ0v) is 13.6. The van der Waals surface area contributed by atoms with Gasteiger partial charge in [-0.05, 0) is 39.7 Å². The molecule has 1 aromatic rings. The molecule has 0 fully saturated rings. The molecule has 1 atom stereocenters. The van der Waals surface area contributed by atoms with Gasteiger partial charge < -0.3 is 20.1 Å². The van der Waals surface area contributed by atoms with Gasteiger partial charge in [-0.1, -0.05) is 0 Å². The summed E-state index contributed by atoms with van der Waals surface area (Å²) in [5.41, 5.74) is 1.36. The van der Waals surface area contributed by atoms with Crippen LogP contribution in [0.4, 0.5) is 10.7 Å². The number of carbonyl (C=O) groups excluding carboxylic acids is 1. The molecule has 0 aromatic carbocycles. The first-order chi connectivity index (χ1) is 10.3. The van der Waals surface area contributed by atoms with Crippen LogP contribution in [0.1, 0.15) is 39.0 Å². The highest BCUT2D eigenvalue weighted by Gasteiger charge is 2.26. The van der Waals surface area contributed by atoms with E-state index in [9.17, 15) is 4.79 Å². The van der Waals surface area contributed by atoms with Crippen molar-refractivity contribution in [2.24, 2.45) is 0 Å². The Morgan fingerprint density at radius 1 is 1.55 bits per heavy atom. The van der Waals surface area contributed by atoms with Crippen LogP contribution in [0.2, 0.25) is 0 Å². The summed E-state index contributed by atoms with van der Waals surface area (Å²) in [5.74, 6) is 0.464. The van der Waals surface area contributed by atoms with Gasteiger partial charge in [0.1, 0.15) is 5.60 Å². The summed E-state index contributed by atoms with van der Waals surface area (Å²) in [5, 5.41) is 12.1. The molecule has 0 spiro atoms. The molecule has 2 rings (SSSR count). The molecule has 1 amide bonds. The maximum atomic E-state index is 12.1.